The molecule has 0 fully saturated rings. The molecule has 484 valence electrons. The van der Waals surface area contributed by atoms with E-state index in [-0.39, 0.29) is 148 Å². The fraction of sp³-hybridized carbons (Fsp3) is 0.450. The second kappa shape index (κ2) is 36.7. The molecule has 1 aliphatic heterocycles. The molecule has 6 rings (SSSR count). The lowest BCUT2D eigenvalue weighted by Gasteiger charge is -2.26. The Kier molecular flexibility index (Phi) is 28.4. The van der Waals surface area contributed by atoms with Gasteiger partial charge in [-0.1, -0.05) is 38.1 Å². The summed E-state index contributed by atoms with van der Waals surface area (Å²) in [7, 11) is 0. The van der Waals surface area contributed by atoms with E-state index in [4.69, 9.17) is 44.9 Å². The van der Waals surface area contributed by atoms with Gasteiger partial charge in [0.15, 0.2) is 0 Å². The number of nitrogens with zero attached hydrogens (tertiary/aromatic N) is 5. The summed E-state index contributed by atoms with van der Waals surface area (Å²) in [4.78, 5) is 136. The van der Waals surface area contributed by atoms with Crippen molar-refractivity contribution in [2.75, 3.05) is 84.4 Å². The Morgan fingerprint density at radius 2 is 1.37 bits per heavy atom. The highest BCUT2D eigenvalue weighted by atomic mass is 16.6. The van der Waals surface area contributed by atoms with E-state index in [1.165, 1.54) is 18.3 Å². The molecule has 3 atom stereocenters. The van der Waals surface area contributed by atoms with Crippen LogP contribution in [0.3, 0.4) is 0 Å². The van der Waals surface area contributed by atoms with Crippen LogP contribution in [0.1, 0.15) is 69.5 Å². The molecular weight excluding hydrogens is 1170 g/mol. The molecule has 1 aliphatic rings. The molecular formula is C60H78N14O16. The Morgan fingerprint density at radius 3 is 2.03 bits per heavy atom. The first-order chi connectivity index (χ1) is 43.3. The number of hydrogen-bond acceptors (Lipinski definition) is 20. The van der Waals surface area contributed by atoms with Crippen molar-refractivity contribution in [3.63, 3.8) is 0 Å². The normalized spacial score (nSPS) is 13.0. The quantitative estimate of drug-likeness (QED) is 0.0199. The van der Waals surface area contributed by atoms with Gasteiger partial charge in [0.05, 0.1) is 107 Å². The number of alkyl carbamates (subject to hydrolysis) is 1. The minimum atomic E-state index is -1.35. The zero-order valence-corrected chi connectivity index (χ0v) is 50.4. The van der Waals surface area contributed by atoms with Crippen molar-refractivity contribution in [3.05, 3.63) is 96.1 Å². The number of ether oxygens (including phenoxy) is 6. The molecule has 0 bridgehead atoms. The maximum absolute atomic E-state index is 14.0. The predicted octanol–water partition coefficient (Wildman–Crippen LogP) is 2.29. The number of aryl methyl sites for hydroxylation is 1. The van der Waals surface area contributed by atoms with Gasteiger partial charge in [-0.05, 0) is 80.5 Å². The number of imide groups is 1. The molecule has 5 aromatic rings. The van der Waals surface area contributed by atoms with Crippen LogP contribution < -0.4 is 48.1 Å². The number of carbonyl (C=O) groups is 9. The molecule has 0 aliphatic carbocycles. The van der Waals surface area contributed by atoms with Crippen molar-refractivity contribution in [1.82, 2.24) is 56.4 Å². The molecule has 3 aromatic heterocycles. The van der Waals surface area contributed by atoms with Gasteiger partial charge in [0.25, 0.3) is 11.8 Å². The van der Waals surface area contributed by atoms with Crippen LogP contribution >= 0.6 is 0 Å². The molecule has 2 aromatic carbocycles. The van der Waals surface area contributed by atoms with Crippen LogP contribution in [0.5, 0.6) is 5.88 Å². The third-order valence-corrected chi connectivity index (χ3v) is 13.3. The highest BCUT2D eigenvalue weighted by Crippen LogP contribution is 2.31. The lowest BCUT2D eigenvalue weighted by atomic mass is 10.0. The Morgan fingerprint density at radius 1 is 0.700 bits per heavy atom. The van der Waals surface area contributed by atoms with Crippen molar-refractivity contribution in [1.29, 1.82) is 0 Å². The summed E-state index contributed by atoms with van der Waals surface area (Å²) in [6.45, 7) is 7.42. The summed E-state index contributed by atoms with van der Waals surface area (Å²) < 4.78 is 33.0. The standard InChI is InChI=1S/C60H78N14O16/c1-37(2)32-47(71-57(81)45(15-18-53(78)79)68-49(75)19-23-85-26-28-87-30-31-88-29-27-86-25-22-74-51(76)16-17-52(74)77)58(82)70-44(8-5-20-63-59(62)83)56(80)67-41-12-9-39(10-13-41)36-90-60(84)64-21-24-89-50-35-65-42-14-11-40(33-46(42)69-50)54-55(73-48(34-61)72-54)43-7-4-6-38(3)66-43/h4,6-7,9-14,16-17,33,35,37,44-45,47H,5,8,15,18-32,34,36,61H2,1-3H3,(H,64,84)(H,67,80)(H,68,75)(H,70,82)(H,71,81)(H,72,73)(H,78,79)(H3,62,63,83)/t44-,45-,47-/m0/s1. The Balaban J connectivity index is 0.922. The van der Waals surface area contributed by atoms with E-state index in [2.05, 4.69) is 51.8 Å². The van der Waals surface area contributed by atoms with Gasteiger partial charge in [0, 0.05) is 48.5 Å². The third kappa shape index (κ3) is 23.9. The first kappa shape index (κ1) is 69.6. The van der Waals surface area contributed by atoms with Gasteiger partial charge in [-0.2, -0.15) is 0 Å². The van der Waals surface area contributed by atoms with Crippen LogP contribution in [-0.4, -0.2) is 186 Å². The van der Waals surface area contributed by atoms with Crippen LogP contribution in [0.15, 0.2) is 79.0 Å². The fourth-order valence-electron chi connectivity index (χ4n) is 8.80. The van der Waals surface area contributed by atoms with E-state index < -0.39 is 66.3 Å². The topological polar surface area (TPSA) is 424 Å². The lowest BCUT2D eigenvalue weighted by Crippen LogP contribution is -2.56. The highest BCUT2D eigenvalue weighted by Gasteiger charge is 2.31. The van der Waals surface area contributed by atoms with Crippen molar-refractivity contribution in [2.45, 2.75) is 90.6 Å². The zero-order valence-electron chi connectivity index (χ0n) is 50.4. The molecule has 0 saturated heterocycles. The van der Waals surface area contributed by atoms with Gasteiger partial charge in [-0.25, -0.2) is 24.5 Å². The lowest BCUT2D eigenvalue weighted by molar-refractivity contribution is -0.139. The average molecular weight is 1250 g/mol. The van der Waals surface area contributed by atoms with Crippen LogP contribution in [0.2, 0.25) is 0 Å². The number of benzene rings is 2. The molecule has 9 amide bonds. The van der Waals surface area contributed by atoms with Crippen molar-refractivity contribution in [2.24, 2.45) is 17.4 Å². The number of aromatic nitrogens is 5. The second-order valence-electron chi connectivity index (χ2n) is 20.8. The van der Waals surface area contributed by atoms with Gasteiger partial charge in [0.2, 0.25) is 29.5 Å². The van der Waals surface area contributed by atoms with E-state index in [9.17, 15) is 48.3 Å². The first-order valence-corrected chi connectivity index (χ1v) is 29.3. The number of nitrogens with two attached hydrogens (primary N) is 2. The van der Waals surface area contributed by atoms with E-state index in [1.807, 2.05) is 43.3 Å². The smallest absolute Gasteiger partial charge is 0.407 e. The summed E-state index contributed by atoms with van der Waals surface area (Å²) in [5.74, 6) is -4.14. The SMILES string of the molecule is Cc1cccc(-c2[nH]c(CN)nc2-c2ccc3ncc(OCCNC(=O)OCc4ccc(NC(=O)[C@H](CCCNC(N)=O)NC(=O)[C@H](CC(C)C)NC(=O)[C@H](CCC(=O)O)NC(=O)CCOCCOCCOCCOCCN5C(=O)C=CC5=O)cc4)nc3c2)n1. The number of carboxylic acids is 1. The molecule has 0 spiro atoms. The maximum atomic E-state index is 14.0. The monoisotopic (exact) mass is 1250 g/mol. The minimum Gasteiger partial charge on any atom is -0.481 e. The van der Waals surface area contributed by atoms with E-state index >= 15 is 0 Å². The third-order valence-electron chi connectivity index (χ3n) is 13.3. The molecule has 4 heterocycles. The average Bonchev–Trinajstić information content (AvgIpc) is 1.74. The number of pyridine rings is 1. The van der Waals surface area contributed by atoms with Gasteiger partial charge in [-0.3, -0.25) is 43.4 Å². The predicted molar refractivity (Wildman–Crippen MR) is 324 cm³/mol. The number of rotatable bonds is 40. The molecule has 30 nitrogen and oxygen atoms in total. The van der Waals surface area contributed by atoms with Crippen LogP contribution in [-0.2, 0) is 70.4 Å². The van der Waals surface area contributed by atoms with Crippen molar-refractivity contribution in [3.8, 4) is 28.5 Å². The van der Waals surface area contributed by atoms with E-state index in [1.54, 1.807) is 38.1 Å². The number of carboxylic acid groups (broad SMARTS) is 1. The fourth-order valence-corrected chi connectivity index (χ4v) is 8.80. The number of urea groups is 1. The zero-order chi connectivity index (χ0) is 64.8. The van der Waals surface area contributed by atoms with Gasteiger partial charge in [-0.15, -0.1) is 0 Å². The number of hydrogen-bond donors (Lipinski definition) is 10. The molecule has 0 radical (unpaired) electrons. The molecule has 90 heavy (non-hydrogen) atoms. The number of nitrogens with one attached hydrogen (secondary N) is 7. The first-order valence-electron chi connectivity index (χ1n) is 29.3. The summed E-state index contributed by atoms with van der Waals surface area (Å²) >= 11 is 0. The highest BCUT2D eigenvalue weighted by molar-refractivity contribution is 6.12. The maximum Gasteiger partial charge on any atom is 0.407 e. The summed E-state index contributed by atoms with van der Waals surface area (Å²) in [5.41, 5.74) is 17.0. The number of anilines is 1. The second-order valence-corrected chi connectivity index (χ2v) is 20.8. The Labute approximate surface area is 518 Å². The number of H-pyrrole nitrogens is 1. The number of primary amides is 1. The number of fused-ring (bicyclic) bond motifs is 1. The number of amides is 9. The molecule has 0 unspecified atom stereocenters. The number of aliphatic carboxylic acids is 1. The van der Waals surface area contributed by atoms with E-state index in [0.717, 1.165) is 27.5 Å². The number of aromatic amines is 1. The molecule has 30 heteroatoms. The Bertz CT molecular complexity index is 3250. The van der Waals surface area contributed by atoms with Gasteiger partial charge in [0.1, 0.15) is 37.2 Å². The number of carbonyl (C=O) groups excluding carboxylic acids is 8. The molecule has 12 N–H and O–H groups in total. The van der Waals surface area contributed by atoms with E-state index in [0.29, 0.717) is 33.8 Å². The van der Waals surface area contributed by atoms with Crippen molar-refractivity contribution >= 4 is 70.3 Å². The number of imidazole rings is 1. The van der Waals surface area contributed by atoms with Crippen LogP contribution in [0.4, 0.5) is 15.3 Å². The van der Waals surface area contributed by atoms with Crippen LogP contribution in [0.25, 0.3) is 33.7 Å². The van der Waals surface area contributed by atoms with Gasteiger partial charge < -0.3 is 81.9 Å². The summed E-state index contributed by atoms with van der Waals surface area (Å²) in [6.07, 6.45) is 2.51. The Hall–Kier alpha value is -9.49. The van der Waals surface area contributed by atoms with Crippen LogP contribution in [0, 0.1) is 12.8 Å². The minimum absolute atomic E-state index is 0.0200. The summed E-state index contributed by atoms with van der Waals surface area (Å²) in [6, 6.07) is 13.1. The summed E-state index contributed by atoms with van der Waals surface area (Å²) in [5, 5.41) is 25.2. The van der Waals surface area contributed by atoms with Crippen molar-refractivity contribution < 1.29 is 76.7 Å². The largest absolute Gasteiger partial charge is 0.481 e. The van der Waals surface area contributed by atoms with Gasteiger partial charge >= 0.3 is 18.1 Å². The molecule has 0 saturated carbocycles.